The number of sulfone groups is 1. The minimum atomic E-state index is -3.10. The van der Waals surface area contributed by atoms with Crippen molar-refractivity contribution in [2.75, 3.05) is 27.0 Å². The lowest BCUT2D eigenvalue weighted by Gasteiger charge is -2.22. The first-order valence-corrected chi connectivity index (χ1v) is 10.6. The molecule has 27 heavy (non-hydrogen) atoms. The molecule has 0 aliphatic rings. The van der Waals surface area contributed by atoms with Crippen molar-refractivity contribution in [3.05, 3.63) is 59.2 Å². The molecular weight excluding hydrogens is 366 g/mol. The van der Waals surface area contributed by atoms with Crippen molar-refractivity contribution in [3.8, 4) is 11.5 Å². The number of amides is 1. The van der Waals surface area contributed by atoms with Gasteiger partial charge in [0.2, 0.25) is 0 Å². The molecule has 2 aromatic carbocycles. The molecule has 6 nitrogen and oxygen atoms in total. The van der Waals surface area contributed by atoms with E-state index in [0.717, 1.165) is 5.56 Å². The minimum Gasteiger partial charge on any atom is -0.493 e. The lowest BCUT2D eigenvalue weighted by atomic mass is 10.1. The van der Waals surface area contributed by atoms with Crippen LogP contribution < -0.4 is 9.47 Å². The number of rotatable bonds is 8. The number of nitrogens with zero attached hydrogens (tertiary/aromatic N) is 1. The van der Waals surface area contributed by atoms with E-state index < -0.39 is 9.84 Å². The summed E-state index contributed by atoms with van der Waals surface area (Å²) in [6.07, 6.45) is 1.19. The number of methoxy groups -OCH3 is 2. The zero-order valence-corrected chi connectivity index (χ0v) is 16.9. The van der Waals surface area contributed by atoms with Gasteiger partial charge in [-0.3, -0.25) is 4.79 Å². The van der Waals surface area contributed by atoms with Crippen LogP contribution in [0.5, 0.6) is 11.5 Å². The normalized spacial score (nSPS) is 11.1. The smallest absolute Gasteiger partial charge is 0.254 e. The molecular formula is C20H25NO5S. The SMILES string of the molecule is CCN(Cc1ccc(OC)c(OC)c1)C(=O)c1ccc(CS(C)(=O)=O)cc1. The molecule has 0 atom stereocenters. The molecule has 0 radical (unpaired) electrons. The molecule has 0 fully saturated rings. The summed E-state index contributed by atoms with van der Waals surface area (Å²) in [4.78, 5) is 14.5. The summed E-state index contributed by atoms with van der Waals surface area (Å²) in [7, 11) is 0.0463. The van der Waals surface area contributed by atoms with Gasteiger partial charge < -0.3 is 14.4 Å². The van der Waals surface area contributed by atoms with E-state index in [1.54, 1.807) is 43.4 Å². The Balaban J connectivity index is 2.16. The highest BCUT2D eigenvalue weighted by atomic mass is 32.2. The molecule has 0 heterocycles. The molecule has 0 saturated carbocycles. The molecule has 146 valence electrons. The fourth-order valence-corrected chi connectivity index (χ4v) is 3.55. The number of carbonyl (C=O) groups is 1. The molecule has 2 rings (SSSR count). The zero-order valence-electron chi connectivity index (χ0n) is 16.1. The predicted molar refractivity (Wildman–Crippen MR) is 105 cm³/mol. The van der Waals surface area contributed by atoms with Crippen molar-refractivity contribution in [1.82, 2.24) is 4.90 Å². The molecule has 0 aromatic heterocycles. The van der Waals surface area contributed by atoms with Gasteiger partial charge in [-0.15, -0.1) is 0 Å². The molecule has 0 aliphatic heterocycles. The van der Waals surface area contributed by atoms with Crippen molar-refractivity contribution in [3.63, 3.8) is 0 Å². The van der Waals surface area contributed by atoms with Gasteiger partial charge >= 0.3 is 0 Å². The van der Waals surface area contributed by atoms with Gasteiger partial charge in [0, 0.05) is 24.9 Å². The first kappa shape index (κ1) is 20.8. The van der Waals surface area contributed by atoms with Crippen LogP contribution in [0.25, 0.3) is 0 Å². The number of benzene rings is 2. The summed E-state index contributed by atoms with van der Waals surface area (Å²) in [5.74, 6) is 1.10. The Labute approximate surface area is 160 Å². The van der Waals surface area contributed by atoms with Gasteiger partial charge in [0.15, 0.2) is 21.3 Å². The molecule has 0 N–H and O–H groups in total. The quantitative estimate of drug-likeness (QED) is 0.692. The maximum atomic E-state index is 12.8. The molecule has 0 unspecified atom stereocenters. The van der Waals surface area contributed by atoms with Gasteiger partial charge in [-0.25, -0.2) is 8.42 Å². The summed E-state index contributed by atoms with van der Waals surface area (Å²) in [6.45, 7) is 2.88. The van der Waals surface area contributed by atoms with Crippen LogP contribution in [0.1, 0.15) is 28.4 Å². The highest BCUT2D eigenvalue weighted by molar-refractivity contribution is 7.89. The van der Waals surface area contributed by atoms with Gasteiger partial charge in [-0.05, 0) is 42.3 Å². The van der Waals surface area contributed by atoms with Gasteiger partial charge in [0.05, 0.1) is 20.0 Å². The van der Waals surface area contributed by atoms with E-state index in [1.165, 1.54) is 6.26 Å². The van der Waals surface area contributed by atoms with E-state index >= 15 is 0 Å². The summed E-state index contributed by atoms with van der Waals surface area (Å²) in [5, 5.41) is 0. The average Bonchev–Trinajstić information content (AvgIpc) is 2.64. The lowest BCUT2D eigenvalue weighted by Crippen LogP contribution is -2.30. The van der Waals surface area contributed by atoms with Crippen LogP contribution in [0.2, 0.25) is 0 Å². The largest absolute Gasteiger partial charge is 0.493 e. The number of carbonyl (C=O) groups excluding carboxylic acids is 1. The Bertz CT molecular complexity index is 891. The second-order valence-electron chi connectivity index (χ2n) is 6.28. The topological polar surface area (TPSA) is 72.9 Å². The standard InChI is InChI=1S/C20H25NO5S/c1-5-21(13-16-8-11-18(25-2)19(12-16)26-3)20(22)17-9-6-15(7-10-17)14-27(4,23)24/h6-12H,5,13-14H2,1-4H3. The van der Waals surface area contributed by atoms with Crippen LogP contribution in [0.15, 0.2) is 42.5 Å². The van der Waals surface area contributed by atoms with Crippen molar-refractivity contribution in [1.29, 1.82) is 0 Å². The third-order valence-corrected chi connectivity index (χ3v) is 4.98. The van der Waals surface area contributed by atoms with E-state index in [-0.39, 0.29) is 11.7 Å². The summed E-state index contributed by atoms with van der Waals surface area (Å²) in [6, 6.07) is 12.3. The molecule has 0 aliphatic carbocycles. The zero-order chi connectivity index (χ0) is 20.0. The predicted octanol–water partition coefficient (Wildman–Crippen LogP) is 2.91. The minimum absolute atomic E-state index is 0.0371. The van der Waals surface area contributed by atoms with Crippen LogP contribution in [0.4, 0.5) is 0 Å². The van der Waals surface area contributed by atoms with E-state index in [0.29, 0.717) is 35.7 Å². The van der Waals surface area contributed by atoms with Crippen molar-refractivity contribution >= 4 is 15.7 Å². The second kappa shape index (κ2) is 8.90. The monoisotopic (exact) mass is 391 g/mol. The fraction of sp³-hybridized carbons (Fsp3) is 0.350. The maximum absolute atomic E-state index is 12.8. The van der Waals surface area contributed by atoms with Crippen LogP contribution in [-0.4, -0.2) is 46.2 Å². The highest BCUT2D eigenvalue weighted by Crippen LogP contribution is 2.28. The average molecular weight is 391 g/mol. The fourth-order valence-electron chi connectivity index (χ4n) is 2.76. The third-order valence-electron chi connectivity index (χ3n) is 4.12. The Morgan fingerprint density at radius 2 is 1.56 bits per heavy atom. The molecule has 7 heteroatoms. The van der Waals surface area contributed by atoms with Gasteiger partial charge in [0.25, 0.3) is 5.91 Å². The summed E-state index contributed by atoms with van der Waals surface area (Å²) >= 11 is 0. The number of hydrogen-bond acceptors (Lipinski definition) is 5. The summed E-state index contributed by atoms with van der Waals surface area (Å²) in [5.41, 5.74) is 2.11. The third kappa shape index (κ3) is 5.72. The molecule has 1 amide bonds. The molecule has 2 aromatic rings. The van der Waals surface area contributed by atoms with Crippen LogP contribution in [0, 0.1) is 0 Å². The Morgan fingerprint density at radius 1 is 0.963 bits per heavy atom. The van der Waals surface area contributed by atoms with E-state index in [2.05, 4.69) is 0 Å². The van der Waals surface area contributed by atoms with Gasteiger partial charge in [-0.1, -0.05) is 18.2 Å². The van der Waals surface area contributed by atoms with E-state index in [1.807, 2.05) is 25.1 Å². The first-order valence-electron chi connectivity index (χ1n) is 8.54. The van der Waals surface area contributed by atoms with Crippen LogP contribution in [-0.2, 0) is 22.1 Å². The second-order valence-corrected chi connectivity index (χ2v) is 8.42. The van der Waals surface area contributed by atoms with E-state index in [4.69, 9.17) is 9.47 Å². The van der Waals surface area contributed by atoms with Crippen molar-refractivity contribution in [2.45, 2.75) is 19.2 Å². The highest BCUT2D eigenvalue weighted by Gasteiger charge is 2.16. The Hall–Kier alpha value is -2.54. The van der Waals surface area contributed by atoms with Crippen molar-refractivity contribution < 1.29 is 22.7 Å². The molecule has 0 spiro atoms. The molecule has 0 bridgehead atoms. The number of hydrogen-bond donors (Lipinski definition) is 0. The van der Waals surface area contributed by atoms with Crippen molar-refractivity contribution in [2.24, 2.45) is 0 Å². The van der Waals surface area contributed by atoms with Crippen LogP contribution >= 0.6 is 0 Å². The number of ether oxygens (including phenoxy) is 2. The summed E-state index contributed by atoms with van der Waals surface area (Å²) < 4.78 is 33.3. The van der Waals surface area contributed by atoms with E-state index in [9.17, 15) is 13.2 Å². The first-order chi connectivity index (χ1) is 12.8. The Morgan fingerprint density at radius 3 is 2.07 bits per heavy atom. The Kier molecular flexibility index (Phi) is 6.85. The van der Waals surface area contributed by atoms with Gasteiger partial charge in [-0.2, -0.15) is 0 Å². The molecule has 0 saturated heterocycles. The van der Waals surface area contributed by atoms with Crippen LogP contribution in [0.3, 0.4) is 0 Å². The maximum Gasteiger partial charge on any atom is 0.254 e. The van der Waals surface area contributed by atoms with Gasteiger partial charge in [0.1, 0.15) is 0 Å². The lowest BCUT2D eigenvalue weighted by molar-refractivity contribution is 0.0752.